The Bertz CT molecular complexity index is 735. The first-order valence-corrected chi connectivity index (χ1v) is 6.80. The Kier molecular flexibility index (Phi) is 5.62. The van der Waals surface area contributed by atoms with Crippen molar-refractivity contribution in [2.45, 2.75) is 0 Å². The molecule has 24 heavy (non-hydrogen) atoms. The van der Waals surface area contributed by atoms with Crippen LogP contribution < -0.4 is 10.9 Å². The maximum absolute atomic E-state index is 11.7. The van der Waals surface area contributed by atoms with Crippen molar-refractivity contribution >= 4 is 24.2 Å². The van der Waals surface area contributed by atoms with Crippen LogP contribution in [0, 0.1) is 0 Å². The Morgan fingerprint density at radius 1 is 0.792 bits per heavy atom. The lowest BCUT2D eigenvalue weighted by Crippen LogP contribution is -2.18. The molecule has 2 aromatic rings. The molecule has 122 valence electrons. The maximum Gasteiger partial charge on any atom is 0.271 e. The quantitative estimate of drug-likeness (QED) is 0.487. The van der Waals surface area contributed by atoms with Gasteiger partial charge in [0.2, 0.25) is 0 Å². The Balaban J connectivity index is 1.80. The fourth-order valence-corrected chi connectivity index (χ4v) is 1.68. The van der Waals surface area contributed by atoms with Crippen LogP contribution >= 0.6 is 0 Å². The van der Waals surface area contributed by atoms with Crippen LogP contribution in [-0.4, -0.2) is 34.5 Å². The van der Waals surface area contributed by atoms with E-state index in [1.807, 2.05) is 0 Å². The summed E-state index contributed by atoms with van der Waals surface area (Å²) >= 11 is 0. The van der Waals surface area contributed by atoms with Gasteiger partial charge in [0.25, 0.3) is 11.8 Å². The van der Waals surface area contributed by atoms with E-state index in [2.05, 4.69) is 21.1 Å². The van der Waals surface area contributed by atoms with E-state index in [9.17, 15) is 19.8 Å². The van der Waals surface area contributed by atoms with E-state index in [1.165, 1.54) is 61.0 Å². The highest BCUT2D eigenvalue weighted by Gasteiger charge is 2.04. The van der Waals surface area contributed by atoms with Crippen molar-refractivity contribution in [2.75, 3.05) is 0 Å². The lowest BCUT2D eigenvalue weighted by atomic mass is 10.2. The van der Waals surface area contributed by atoms with Gasteiger partial charge in [-0.05, 0) is 36.4 Å². The molecule has 0 aromatic heterocycles. The van der Waals surface area contributed by atoms with Gasteiger partial charge in [-0.25, -0.2) is 10.9 Å². The molecule has 0 atom stereocenters. The second-order valence-electron chi connectivity index (χ2n) is 4.54. The van der Waals surface area contributed by atoms with Crippen molar-refractivity contribution in [1.82, 2.24) is 10.9 Å². The van der Waals surface area contributed by atoms with Crippen LogP contribution in [0.1, 0.15) is 20.7 Å². The minimum atomic E-state index is -0.501. The molecule has 0 heterocycles. The number of phenolic OH excluding ortho intramolecular Hbond substituents is 2. The van der Waals surface area contributed by atoms with Crippen molar-refractivity contribution in [3.05, 3.63) is 59.7 Å². The zero-order valence-corrected chi connectivity index (χ0v) is 12.4. The largest absolute Gasteiger partial charge is 0.508 e. The molecule has 8 nitrogen and oxygen atoms in total. The minimum absolute atomic E-state index is 0.0251. The predicted molar refractivity (Wildman–Crippen MR) is 88.1 cm³/mol. The molecule has 2 amide bonds. The Labute approximate surface area is 137 Å². The van der Waals surface area contributed by atoms with Gasteiger partial charge in [0.05, 0.1) is 12.4 Å². The molecule has 0 saturated carbocycles. The molecule has 0 bridgehead atoms. The number of hydrazone groups is 2. The van der Waals surface area contributed by atoms with Crippen LogP contribution in [0.3, 0.4) is 0 Å². The van der Waals surface area contributed by atoms with E-state index in [0.29, 0.717) is 0 Å². The first-order valence-electron chi connectivity index (χ1n) is 6.80. The summed E-state index contributed by atoms with van der Waals surface area (Å²) in [5.74, 6) is -1.05. The zero-order chi connectivity index (χ0) is 17.4. The molecular formula is C16H14N4O4. The number of hydrogen-bond acceptors (Lipinski definition) is 6. The normalized spacial score (nSPS) is 10.8. The van der Waals surface area contributed by atoms with E-state index in [0.717, 1.165) is 0 Å². The SMILES string of the molecule is O=C(NN=CC=NNC(=O)c1cccc(O)c1)c1cccc(O)c1. The second kappa shape index (κ2) is 8.08. The van der Waals surface area contributed by atoms with Crippen LogP contribution in [0.5, 0.6) is 11.5 Å². The predicted octanol–water partition coefficient (Wildman–Crippen LogP) is 1.23. The first-order chi connectivity index (χ1) is 11.6. The number of rotatable bonds is 5. The van der Waals surface area contributed by atoms with Crippen molar-refractivity contribution in [3.63, 3.8) is 0 Å². The molecule has 0 aliphatic rings. The number of aromatic hydroxyl groups is 2. The number of phenols is 2. The van der Waals surface area contributed by atoms with Gasteiger partial charge in [-0.1, -0.05) is 12.1 Å². The Morgan fingerprint density at radius 3 is 1.58 bits per heavy atom. The van der Waals surface area contributed by atoms with Crippen LogP contribution in [0.2, 0.25) is 0 Å². The van der Waals surface area contributed by atoms with Crippen LogP contribution in [-0.2, 0) is 0 Å². The molecule has 0 spiro atoms. The average Bonchev–Trinajstić information content (AvgIpc) is 2.57. The third-order valence-electron chi connectivity index (χ3n) is 2.76. The summed E-state index contributed by atoms with van der Waals surface area (Å²) in [6.45, 7) is 0. The monoisotopic (exact) mass is 326 g/mol. The Morgan fingerprint density at radius 2 is 1.21 bits per heavy atom. The lowest BCUT2D eigenvalue weighted by molar-refractivity contribution is 0.0946. The van der Waals surface area contributed by atoms with E-state index in [-0.39, 0.29) is 22.6 Å². The number of hydrogen-bond donors (Lipinski definition) is 4. The molecule has 8 heteroatoms. The van der Waals surface area contributed by atoms with Gasteiger partial charge in [-0.15, -0.1) is 0 Å². The molecule has 2 rings (SSSR count). The summed E-state index contributed by atoms with van der Waals surface area (Å²) in [5.41, 5.74) is 4.97. The summed E-state index contributed by atoms with van der Waals surface area (Å²) in [4.78, 5) is 23.4. The van der Waals surface area contributed by atoms with E-state index >= 15 is 0 Å². The summed E-state index contributed by atoms with van der Waals surface area (Å²) in [7, 11) is 0. The first kappa shape index (κ1) is 16.7. The summed E-state index contributed by atoms with van der Waals surface area (Å²) in [5, 5.41) is 25.8. The third kappa shape index (κ3) is 4.95. The second-order valence-corrected chi connectivity index (χ2v) is 4.54. The summed E-state index contributed by atoms with van der Waals surface area (Å²) < 4.78 is 0. The van der Waals surface area contributed by atoms with E-state index in [1.54, 1.807) is 0 Å². The highest BCUT2D eigenvalue weighted by molar-refractivity contribution is 6.16. The standard InChI is InChI=1S/C16H14N4O4/c21-13-5-1-3-11(9-13)15(23)19-17-7-8-18-20-16(24)12-4-2-6-14(22)10-12/h1-10,21-22H,(H,19,23)(H,20,24). The van der Waals surface area contributed by atoms with Crippen LogP contribution in [0.15, 0.2) is 58.7 Å². The molecule has 0 aliphatic heterocycles. The third-order valence-corrected chi connectivity index (χ3v) is 2.76. The number of benzene rings is 2. The van der Waals surface area contributed by atoms with Crippen molar-refractivity contribution in [2.24, 2.45) is 10.2 Å². The molecule has 2 aromatic carbocycles. The van der Waals surface area contributed by atoms with Gasteiger partial charge < -0.3 is 10.2 Å². The van der Waals surface area contributed by atoms with E-state index in [4.69, 9.17) is 0 Å². The fraction of sp³-hybridized carbons (Fsp3) is 0. The molecule has 0 saturated heterocycles. The number of amides is 2. The van der Waals surface area contributed by atoms with Crippen LogP contribution in [0.25, 0.3) is 0 Å². The van der Waals surface area contributed by atoms with Gasteiger partial charge in [0.15, 0.2) is 0 Å². The molecule has 0 aliphatic carbocycles. The maximum atomic E-state index is 11.7. The molecule has 4 N–H and O–H groups in total. The highest BCUT2D eigenvalue weighted by Crippen LogP contribution is 2.11. The topological polar surface area (TPSA) is 123 Å². The highest BCUT2D eigenvalue weighted by atomic mass is 16.3. The van der Waals surface area contributed by atoms with Gasteiger partial charge >= 0.3 is 0 Å². The van der Waals surface area contributed by atoms with Crippen LogP contribution in [0.4, 0.5) is 0 Å². The van der Waals surface area contributed by atoms with Crippen molar-refractivity contribution in [1.29, 1.82) is 0 Å². The van der Waals surface area contributed by atoms with E-state index < -0.39 is 11.8 Å². The fourth-order valence-electron chi connectivity index (χ4n) is 1.68. The van der Waals surface area contributed by atoms with Gasteiger partial charge in [0, 0.05) is 11.1 Å². The number of carbonyl (C=O) groups excluding carboxylic acids is 2. The Hall–Kier alpha value is -3.68. The van der Waals surface area contributed by atoms with Gasteiger partial charge in [-0.2, -0.15) is 10.2 Å². The van der Waals surface area contributed by atoms with Crippen molar-refractivity contribution in [3.8, 4) is 11.5 Å². The zero-order valence-electron chi connectivity index (χ0n) is 12.4. The van der Waals surface area contributed by atoms with Gasteiger partial charge in [0.1, 0.15) is 11.5 Å². The van der Waals surface area contributed by atoms with Crippen molar-refractivity contribution < 1.29 is 19.8 Å². The smallest absolute Gasteiger partial charge is 0.271 e. The molecule has 0 radical (unpaired) electrons. The average molecular weight is 326 g/mol. The molecule has 0 unspecified atom stereocenters. The summed E-state index contributed by atoms with van der Waals surface area (Å²) in [6, 6.07) is 11.6. The summed E-state index contributed by atoms with van der Waals surface area (Å²) in [6.07, 6.45) is 2.34. The number of nitrogens with zero attached hydrogens (tertiary/aromatic N) is 2. The minimum Gasteiger partial charge on any atom is -0.508 e. The van der Waals surface area contributed by atoms with Gasteiger partial charge in [-0.3, -0.25) is 9.59 Å². The molecular weight excluding hydrogens is 312 g/mol. The lowest BCUT2D eigenvalue weighted by Gasteiger charge is -2.00. The molecule has 0 fully saturated rings. The number of carbonyl (C=O) groups is 2. The number of nitrogens with one attached hydrogen (secondary N) is 2.